The Hall–Kier alpha value is -1.20. The van der Waals surface area contributed by atoms with Crippen molar-refractivity contribution in [1.29, 1.82) is 0 Å². The maximum absolute atomic E-state index is 5.30. The molecule has 2 heterocycles. The zero-order valence-electron chi connectivity index (χ0n) is 7.64. The number of ether oxygens (including phenoxy) is 2. The highest BCUT2D eigenvalue weighted by Gasteiger charge is 2.14. The Balaban J connectivity index is 2.06. The summed E-state index contributed by atoms with van der Waals surface area (Å²) in [6.45, 7) is 0.300. The minimum absolute atomic E-state index is 0.300. The summed E-state index contributed by atoms with van der Waals surface area (Å²) in [7, 11) is 0. The van der Waals surface area contributed by atoms with Crippen molar-refractivity contribution in [2.75, 3.05) is 6.79 Å². The monoisotopic (exact) mass is 237 g/mol. The number of rotatable bonds is 1. The van der Waals surface area contributed by atoms with Gasteiger partial charge in [0.05, 0.1) is 0 Å². The third-order valence-electron chi connectivity index (χ3n) is 2.11. The van der Waals surface area contributed by atoms with Crippen LogP contribution in [-0.2, 0) is 0 Å². The van der Waals surface area contributed by atoms with E-state index in [-0.39, 0.29) is 0 Å². The van der Waals surface area contributed by atoms with Crippen molar-refractivity contribution in [3.63, 3.8) is 0 Å². The lowest BCUT2D eigenvalue weighted by atomic mass is 10.2. The molecule has 1 aliphatic rings. The molecule has 0 bridgehead atoms. The number of nitrogens with zero attached hydrogens (tertiary/aromatic N) is 1. The van der Waals surface area contributed by atoms with Gasteiger partial charge in [-0.1, -0.05) is 0 Å². The molecule has 0 spiro atoms. The molecule has 2 aromatic rings. The smallest absolute Gasteiger partial charge is 0.231 e. The Bertz CT molecular complexity index is 510. The van der Waals surface area contributed by atoms with Crippen LogP contribution in [0, 0.1) is 0 Å². The molecule has 3 rings (SSSR count). The van der Waals surface area contributed by atoms with Gasteiger partial charge in [-0.3, -0.25) is 0 Å². The first kappa shape index (κ1) is 9.06. The lowest BCUT2D eigenvalue weighted by Crippen LogP contribution is -1.92. The van der Waals surface area contributed by atoms with Gasteiger partial charge in [0.1, 0.15) is 10.0 Å². The van der Waals surface area contributed by atoms with Gasteiger partial charge >= 0.3 is 0 Å². The van der Waals surface area contributed by atoms with E-state index in [9.17, 15) is 0 Å². The maximum Gasteiger partial charge on any atom is 0.231 e. The summed E-state index contributed by atoms with van der Waals surface area (Å²) in [6.07, 6.45) is 0. The molecule has 0 fully saturated rings. The van der Waals surface area contributed by atoms with Crippen molar-refractivity contribution in [2.24, 2.45) is 0 Å². The highest BCUT2D eigenvalue weighted by Crippen LogP contribution is 2.36. The van der Waals surface area contributed by atoms with Crippen molar-refractivity contribution >= 4 is 24.0 Å². The van der Waals surface area contributed by atoms with Gasteiger partial charge in [-0.25, -0.2) is 4.98 Å². The second-order valence-electron chi connectivity index (χ2n) is 3.08. The molecule has 0 N–H and O–H groups in total. The summed E-state index contributed by atoms with van der Waals surface area (Å²) in [4.78, 5) is 4.29. The Morgan fingerprint density at radius 3 is 2.93 bits per heavy atom. The Kier molecular flexibility index (Phi) is 2.07. The van der Waals surface area contributed by atoms with Crippen molar-refractivity contribution in [1.82, 2.24) is 4.98 Å². The fraction of sp³-hybridized carbons (Fsp3) is 0.100. The number of thiol groups is 1. The van der Waals surface area contributed by atoms with E-state index < -0.39 is 0 Å². The summed E-state index contributed by atoms with van der Waals surface area (Å²) in [5.41, 5.74) is 1.03. The van der Waals surface area contributed by atoms with Crippen LogP contribution in [-0.4, -0.2) is 11.8 Å². The lowest BCUT2D eigenvalue weighted by molar-refractivity contribution is 0.174. The molecule has 76 valence electrons. The van der Waals surface area contributed by atoms with E-state index in [0.29, 0.717) is 6.79 Å². The van der Waals surface area contributed by atoms with Gasteiger partial charge in [-0.05, 0) is 18.2 Å². The minimum atomic E-state index is 0.300. The van der Waals surface area contributed by atoms with E-state index in [1.165, 1.54) is 0 Å². The number of thiazole rings is 1. The quantitative estimate of drug-likeness (QED) is 0.774. The van der Waals surface area contributed by atoms with Crippen LogP contribution < -0.4 is 9.47 Å². The van der Waals surface area contributed by atoms with E-state index in [4.69, 9.17) is 9.47 Å². The molecule has 1 aromatic heterocycles. The first-order chi connectivity index (χ1) is 7.33. The summed E-state index contributed by atoms with van der Waals surface area (Å²) < 4.78 is 10.5. The Labute approximate surface area is 96.1 Å². The summed E-state index contributed by atoms with van der Waals surface area (Å²) >= 11 is 5.74. The molecule has 0 atom stereocenters. The maximum atomic E-state index is 5.30. The molecular formula is C10H7NO2S2. The van der Waals surface area contributed by atoms with Crippen LogP contribution in [0.2, 0.25) is 0 Å². The highest BCUT2D eigenvalue weighted by molar-refractivity contribution is 7.80. The van der Waals surface area contributed by atoms with E-state index in [1.807, 2.05) is 23.6 Å². The SMILES string of the molecule is Sc1csc(-c2ccc3c(c2)OCO3)n1. The molecule has 15 heavy (non-hydrogen) atoms. The summed E-state index contributed by atoms with van der Waals surface area (Å²) in [5.74, 6) is 1.57. The molecule has 3 nitrogen and oxygen atoms in total. The van der Waals surface area contributed by atoms with Crippen molar-refractivity contribution < 1.29 is 9.47 Å². The van der Waals surface area contributed by atoms with Crippen LogP contribution in [0.1, 0.15) is 0 Å². The van der Waals surface area contributed by atoms with Gasteiger partial charge in [0.25, 0.3) is 0 Å². The predicted molar refractivity (Wildman–Crippen MR) is 60.9 cm³/mol. The van der Waals surface area contributed by atoms with Crippen LogP contribution in [0.3, 0.4) is 0 Å². The van der Waals surface area contributed by atoms with Crippen LogP contribution in [0.15, 0.2) is 28.6 Å². The first-order valence-electron chi connectivity index (χ1n) is 4.37. The molecule has 0 unspecified atom stereocenters. The van der Waals surface area contributed by atoms with Gasteiger partial charge in [0, 0.05) is 10.9 Å². The summed E-state index contributed by atoms with van der Waals surface area (Å²) in [6, 6.07) is 5.81. The van der Waals surface area contributed by atoms with Crippen molar-refractivity contribution in [3.05, 3.63) is 23.6 Å². The highest BCUT2D eigenvalue weighted by atomic mass is 32.1. The van der Waals surface area contributed by atoms with Crippen LogP contribution in [0.25, 0.3) is 10.6 Å². The van der Waals surface area contributed by atoms with Crippen LogP contribution >= 0.6 is 24.0 Å². The first-order valence-corrected chi connectivity index (χ1v) is 5.70. The van der Waals surface area contributed by atoms with Gasteiger partial charge in [0.15, 0.2) is 11.5 Å². The third-order valence-corrected chi connectivity index (χ3v) is 3.41. The number of benzene rings is 1. The molecule has 1 aromatic carbocycles. The molecule has 1 aliphatic heterocycles. The molecule has 0 radical (unpaired) electrons. The fourth-order valence-electron chi connectivity index (χ4n) is 1.43. The third kappa shape index (κ3) is 1.57. The predicted octanol–water partition coefficient (Wildman–Crippen LogP) is 2.83. The molecule has 0 amide bonds. The van der Waals surface area contributed by atoms with Crippen molar-refractivity contribution in [3.8, 4) is 22.1 Å². The number of fused-ring (bicyclic) bond motifs is 1. The fourth-order valence-corrected chi connectivity index (χ4v) is 2.44. The second kappa shape index (κ2) is 3.43. The molecule has 0 saturated heterocycles. The second-order valence-corrected chi connectivity index (χ2v) is 4.40. The number of hydrogen-bond donors (Lipinski definition) is 1. The largest absolute Gasteiger partial charge is 0.454 e. The Morgan fingerprint density at radius 1 is 1.27 bits per heavy atom. The van der Waals surface area contributed by atoms with Gasteiger partial charge in [0.2, 0.25) is 6.79 Å². The lowest BCUT2D eigenvalue weighted by Gasteiger charge is -1.98. The number of hydrogen-bond acceptors (Lipinski definition) is 5. The standard InChI is InChI=1S/C10H7NO2S2/c14-9-4-15-10(11-9)6-1-2-7-8(3-6)13-5-12-7/h1-4,14H,5H2. The van der Waals surface area contributed by atoms with Crippen LogP contribution in [0.5, 0.6) is 11.5 Å². The van der Waals surface area contributed by atoms with Gasteiger partial charge in [-0.2, -0.15) is 0 Å². The van der Waals surface area contributed by atoms with E-state index in [2.05, 4.69) is 17.6 Å². The molecule has 5 heteroatoms. The van der Waals surface area contributed by atoms with E-state index >= 15 is 0 Å². The van der Waals surface area contributed by atoms with E-state index in [1.54, 1.807) is 11.3 Å². The summed E-state index contributed by atoms with van der Waals surface area (Å²) in [5, 5.41) is 3.59. The average molecular weight is 237 g/mol. The normalized spacial score (nSPS) is 13.1. The molecular weight excluding hydrogens is 230 g/mol. The zero-order chi connectivity index (χ0) is 10.3. The van der Waals surface area contributed by atoms with Gasteiger partial charge < -0.3 is 9.47 Å². The topological polar surface area (TPSA) is 31.4 Å². The Morgan fingerprint density at radius 2 is 2.13 bits per heavy atom. The average Bonchev–Trinajstić information content (AvgIpc) is 2.84. The van der Waals surface area contributed by atoms with Crippen LogP contribution in [0.4, 0.5) is 0 Å². The van der Waals surface area contributed by atoms with Crippen molar-refractivity contribution in [2.45, 2.75) is 5.03 Å². The minimum Gasteiger partial charge on any atom is -0.454 e. The zero-order valence-corrected chi connectivity index (χ0v) is 9.35. The molecule has 0 aliphatic carbocycles. The molecule has 0 saturated carbocycles. The van der Waals surface area contributed by atoms with Gasteiger partial charge in [-0.15, -0.1) is 24.0 Å². The van der Waals surface area contributed by atoms with E-state index in [0.717, 1.165) is 27.1 Å². The number of aromatic nitrogens is 1.